The molecule has 24 heavy (non-hydrogen) atoms. The first kappa shape index (κ1) is 15.9. The predicted octanol–water partition coefficient (Wildman–Crippen LogP) is 3.07. The van der Waals surface area contributed by atoms with Gasteiger partial charge in [-0.15, -0.1) is 5.10 Å². The molecule has 0 aliphatic rings. The quantitative estimate of drug-likeness (QED) is 0.786. The van der Waals surface area contributed by atoms with Crippen LogP contribution in [-0.2, 0) is 13.0 Å². The normalized spacial score (nSPS) is 10.6. The number of carbonyl (C=O) groups excluding carboxylic acids is 1. The van der Waals surface area contributed by atoms with E-state index in [1.54, 1.807) is 10.9 Å². The fraction of sp³-hybridized carbons (Fsp3) is 0.211. The van der Waals surface area contributed by atoms with Gasteiger partial charge in [0, 0.05) is 6.54 Å². The molecule has 0 bridgehead atoms. The average molecular weight is 320 g/mol. The number of benzene rings is 2. The van der Waals surface area contributed by atoms with Gasteiger partial charge >= 0.3 is 0 Å². The summed E-state index contributed by atoms with van der Waals surface area (Å²) < 4.78 is 1.61. The average Bonchev–Trinajstić information content (AvgIpc) is 3.11. The fourth-order valence-corrected chi connectivity index (χ4v) is 2.36. The van der Waals surface area contributed by atoms with Crippen LogP contribution in [-0.4, -0.2) is 20.9 Å². The molecular weight excluding hydrogens is 300 g/mol. The molecule has 0 aliphatic carbocycles. The van der Waals surface area contributed by atoms with Crippen molar-refractivity contribution >= 4 is 5.91 Å². The molecule has 1 N–H and O–H groups in total. The summed E-state index contributed by atoms with van der Waals surface area (Å²) in [5, 5.41) is 10.9. The number of carbonyl (C=O) groups is 1. The SMILES string of the molecule is CCc1ccc(-n2cc(C(=O)NCc3ccc(C)cc3)nn2)cc1. The third-order valence-electron chi connectivity index (χ3n) is 3.91. The maximum Gasteiger partial charge on any atom is 0.273 e. The lowest BCUT2D eigenvalue weighted by Gasteiger charge is -2.03. The molecule has 5 heteroatoms. The molecule has 0 spiro atoms. The first-order valence-electron chi connectivity index (χ1n) is 8.01. The Kier molecular flexibility index (Phi) is 4.70. The van der Waals surface area contributed by atoms with Gasteiger partial charge in [-0.25, -0.2) is 4.68 Å². The number of aryl methyl sites for hydroxylation is 2. The summed E-state index contributed by atoms with van der Waals surface area (Å²) in [6.45, 7) is 4.62. The molecule has 0 atom stereocenters. The minimum absolute atomic E-state index is 0.230. The van der Waals surface area contributed by atoms with Crippen LogP contribution < -0.4 is 5.32 Å². The molecule has 3 aromatic rings. The highest BCUT2D eigenvalue weighted by molar-refractivity contribution is 5.91. The van der Waals surface area contributed by atoms with Crippen molar-refractivity contribution in [1.29, 1.82) is 0 Å². The standard InChI is InChI=1S/C19H20N4O/c1-3-15-8-10-17(11-9-15)23-13-18(21-22-23)19(24)20-12-16-6-4-14(2)5-7-16/h4-11,13H,3,12H2,1-2H3,(H,20,24). The molecule has 1 heterocycles. The molecule has 122 valence electrons. The van der Waals surface area contributed by atoms with Crippen LogP contribution in [0.1, 0.15) is 34.1 Å². The van der Waals surface area contributed by atoms with E-state index in [0.29, 0.717) is 12.2 Å². The summed E-state index contributed by atoms with van der Waals surface area (Å²) in [6.07, 6.45) is 2.63. The fourth-order valence-electron chi connectivity index (χ4n) is 2.36. The van der Waals surface area contributed by atoms with E-state index in [1.807, 2.05) is 55.5 Å². The second kappa shape index (κ2) is 7.08. The Morgan fingerprint density at radius 2 is 1.71 bits per heavy atom. The van der Waals surface area contributed by atoms with Gasteiger partial charge in [0.25, 0.3) is 5.91 Å². The van der Waals surface area contributed by atoms with E-state index in [0.717, 1.165) is 17.7 Å². The van der Waals surface area contributed by atoms with Gasteiger partial charge in [-0.3, -0.25) is 4.79 Å². The Bertz CT molecular complexity index is 819. The maximum atomic E-state index is 12.2. The minimum atomic E-state index is -0.230. The van der Waals surface area contributed by atoms with Gasteiger partial charge in [0.05, 0.1) is 11.9 Å². The Morgan fingerprint density at radius 3 is 2.38 bits per heavy atom. The van der Waals surface area contributed by atoms with E-state index < -0.39 is 0 Å². The number of nitrogens with one attached hydrogen (secondary N) is 1. The van der Waals surface area contributed by atoms with Crippen LogP contribution in [0.3, 0.4) is 0 Å². The van der Waals surface area contributed by atoms with Gasteiger partial charge in [-0.05, 0) is 36.6 Å². The lowest BCUT2D eigenvalue weighted by atomic mass is 10.1. The maximum absolute atomic E-state index is 12.2. The number of hydrogen-bond donors (Lipinski definition) is 1. The molecule has 0 radical (unpaired) electrons. The minimum Gasteiger partial charge on any atom is -0.347 e. The largest absolute Gasteiger partial charge is 0.347 e. The smallest absolute Gasteiger partial charge is 0.273 e. The van der Waals surface area contributed by atoms with Crippen molar-refractivity contribution < 1.29 is 4.79 Å². The molecule has 1 aromatic heterocycles. The van der Waals surface area contributed by atoms with E-state index in [1.165, 1.54) is 11.1 Å². The van der Waals surface area contributed by atoms with E-state index in [-0.39, 0.29) is 5.91 Å². The number of nitrogens with zero attached hydrogens (tertiary/aromatic N) is 3. The van der Waals surface area contributed by atoms with Crippen molar-refractivity contribution in [1.82, 2.24) is 20.3 Å². The summed E-state index contributed by atoms with van der Waals surface area (Å²) >= 11 is 0. The molecule has 3 rings (SSSR count). The van der Waals surface area contributed by atoms with Crippen LogP contribution in [0.2, 0.25) is 0 Å². The van der Waals surface area contributed by atoms with E-state index in [9.17, 15) is 4.79 Å². The highest BCUT2D eigenvalue weighted by atomic mass is 16.2. The molecule has 5 nitrogen and oxygen atoms in total. The zero-order valence-electron chi connectivity index (χ0n) is 13.9. The Balaban J connectivity index is 1.65. The van der Waals surface area contributed by atoms with Crippen LogP contribution in [0, 0.1) is 6.92 Å². The molecular formula is C19H20N4O. The van der Waals surface area contributed by atoms with E-state index in [2.05, 4.69) is 22.6 Å². The lowest BCUT2D eigenvalue weighted by Crippen LogP contribution is -2.23. The van der Waals surface area contributed by atoms with Gasteiger partial charge in [-0.1, -0.05) is 54.1 Å². The van der Waals surface area contributed by atoms with Gasteiger partial charge in [-0.2, -0.15) is 0 Å². The van der Waals surface area contributed by atoms with Crippen molar-refractivity contribution in [3.05, 3.63) is 77.1 Å². The Morgan fingerprint density at radius 1 is 1.04 bits per heavy atom. The highest BCUT2D eigenvalue weighted by Gasteiger charge is 2.11. The van der Waals surface area contributed by atoms with Gasteiger partial charge in [0.15, 0.2) is 5.69 Å². The third-order valence-corrected chi connectivity index (χ3v) is 3.91. The summed E-state index contributed by atoms with van der Waals surface area (Å²) in [5.41, 5.74) is 4.70. The first-order valence-corrected chi connectivity index (χ1v) is 8.01. The van der Waals surface area contributed by atoms with E-state index >= 15 is 0 Å². The van der Waals surface area contributed by atoms with Crippen molar-refractivity contribution in [2.75, 3.05) is 0 Å². The summed E-state index contributed by atoms with van der Waals surface area (Å²) in [5.74, 6) is -0.230. The number of rotatable bonds is 5. The third kappa shape index (κ3) is 3.68. The molecule has 0 saturated heterocycles. The summed E-state index contributed by atoms with van der Waals surface area (Å²) in [4.78, 5) is 12.2. The highest BCUT2D eigenvalue weighted by Crippen LogP contribution is 2.10. The monoisotopic (exact) mass is 320 g/mol. The Hall–Kier alpha value is -2.95. The second-order valence-corrected chi connectivity index (χ2v) is 5.74. The van der Waals surface area contributed by atoms with Crippen molar-refractivity contribution in [3.8, 4) is 5.69 Å². The Labute approximate surface area is 141 Å². The van der Waals surface area contributed by atoms with Gasteiger partial charge < -0.3 is 5.32 Å². The molecule has 0 unspecified atom stereocenters. The van der Waals surface area contributed by atoms with Crippen LogP contribution in [0.5, 0.6) is 0 Å². The van der Waals surface area contributed by atoms with Crippen LogP contribution >= 0.6 is 0 Å². The second-order valence-electron chi connectivity index (χ2n) is 5.74. The lowest BCUT2D eigenvalue weighted by molar-refractivity contribution is 0.0946. The number of aromatic nitrogens is 3. The number of hydrogen-bond acceptors (Lipinski definition) is 3. The topological polar surface area (TPSA) is 59.8 Å². The molecule has 0 fully saturated rings. The van der Waals surface area contributed by atoms with Crippen LogP contribution in [0.25, 0.3) is 5.69 Å². The van der Waals surface area contributed by atoms with E-state index in [4.69, 9.17) is 0 Å². The predicted molar refractivity (Wildman–Crippen MR) is 93.1 cm³/mol. The molecule has 2 aromatic carbocycles. The van der Waals surface area contributed by atoms with Crippen LogP contribution in [0.4, 0.5) is 0 Å². The van der Waals surface area contributed by atoms with Crippen molar-refractivity contribution in [2.24, 2.45) is 0 Å². The van der Waals surface area contributed by atoms with Crippen molar-refractivity contribution in [2.45, 2.75) is 26.8 Å². The van der Waals surface area contributed by atoms with Crippen LogP contribution in [0.15, 0.2) is 54.7 Å². The number of amides is 1. The zero-order valence-corrected chi connectivity index (χ0v) is 13.9. The van der Waals surface area contributed by atoms with Gasteiger partial charge in [0.2, 0.25) is 0 Å². The molecule has 0 saturated carbocycles. The van der Waals surface area contributed by atoms with Gasteiger partial charge in [0.1, 0.15) is 0 Å². The summed E-state index contributed by atoms with van der Waals surface area (Å²) in [7, 11) is 0. The summed E-state index contributed by atoms with van der Waals surface area (Å²) in [6, 6.07) is 16.1. The molecule has 1 amide bonds. The first-order chi connectivity index (χ1) is 11.7. The molecule has 0 aliphatic heterocycles. The van der Waals surface area contributed by atoms with Crippen molar-refractivity contribution in [3.63, 3.8) is 0 Å². The zero-order chi connectivity index (χ0) is 16.9.